The van der Waals surface area contributed by atoms with Crippen molar-refractivity contribution in [3.63, 3.8) is 0 Å². The van der Waals surface area contributed by atoms with E-state index in [0.29, 0.717) is 23.3 Å². The van der Waals surface area contributed by atoms with E-state index in [4.69, 9.17) is 4.74 Å². The molecule has 26 heavy (non-hydrogen) atoms. The molecule has 0 radical (unpaired) electrons. The molecule has 1 aromatic rings. The van der Waals surface area contributed by atoms with Gasteiger partial charge in [0, 0.05) is 13.2 Å². The fourth-order valence-corrected chi connectivity index (χ4v) is 5.92. The van der Waals surface area contributed by atoms with Gasteiger partial charge in [-0.25, -0.2) is 8.42 Å². The number of likely N-dealkylation sites (tertiary alicyclic amines) is 1. The minimum Gasteiger partial charge on any atom is -0.378 e. The Morgan fingerprint density at radius 1 is 1.15 bits per heavy atom. The van der Waals surface area contributed by atoms with Crippen LogP contribution in [0.4, 0.5) is 0 Å². The molecule has 2 fully saturated rings. The molecule has 146 valence electrons. The zero-order valence-corrected chi connectivity index (χ0v) is 17.0. The number of hydrogen-bond acceptors (Lipinski definition) is 4. The summed E-state index contributed by atoms with van der Waals surface area (Å²) in [5.41, 5.74) is 0. The average molecular weight is 380 g/mol. The number of hydrogen-bond donors (Lipinski definition) is 0. The Morgan fingerprint density at radius 2 is 1.92 bits per heavy atom. The van der Waals surface area contributed by atoms with Crippen LogP contribution in [0.25, 0.3) is 0 Å². The summed E-state index contributed by atoms with van der Waals surface area (Å²) in [4.78, 5) is 2.95. The molecule has 0 aromatic heterocycles. The Morgan fingerprint density at radius 3 is 2.62 bits per heavy atom. The molecule has 0 N–H and O–H groups in total. The average Bonchev–Trinajstić information content (AvgIpc) is 3.17. The molecule has 0 bridgehead atoms. The summed E-state index contributed by atoms with van der Waals surface area (Å²) in [7, 11) is -3.30. The molecule has 4 nitrogen and oxygen atoms in total. The van der Waals surface area contributed by atoms with Gasteiger partial charge in [-0.3, -0.25) is 0 Å². The molecule has 0 amide bonds. The molecule has 2 heterocycles. The van der Waals surface area contributed by atoms with E-state index in [-0.39, 0.29) is 0 Å². The van der Waals surface area contributed by atoms with Crippen molar-refractivity contribution in [1.82, 2.24) is 4.90 Å². The van der Waals surface area contributed by atoms with Gasteiger partial charge in [0.1, 0.15) is 0 Å². The van der Waals surface area contributed by atoms with Crippen LogP contribution in [0.1, 0.15) is 52.4 Å². The molecule has 5 heteroatoms. The molecule has 0 aliphatic carbocycles. The second-order valence-electron chi connectivity index (χ2n) is 8.43. The summed E-state index contributed by atoms with van der Waals surface area (Å²) in [6.45, 7) is 7.87. The normalized spacial score (nSPS) is 25.5. The van der Waals surface area contributed by atoms with Gasteiger partial charge in [-0.05, 0) is 83.5 Å². The van der Waals surface area contributed by atoms with Gasteiger partial charge in [0.25, 0.3) is 0 Å². The van der Waals surface area contributed by atoms with Crippen LogP contribution in [0.3, 0.4) is 0 Å². The minimum atomic E-state index is -3.30. The topological polar surface area (TPSA) is 46.6 Å². The van der Waals surface area contributed by atoms with Crippen LogP contribution in [0.15, 0.2) is 35.2 Å². The van der Waals surface area contributed by atoms with E-state index in [0.717, 1.165) is 32.7 Å². The lowest BCUT2D eigenvalue weighted by atomic mass is 9.91. The maximum absolute atomic E-state index is 12.9. The van der Waals surface area contributed by atoms with Gasteiger partial charge in [0.15, 0.2) is 9.84 Å². The predicted octanol–water partition coefficient (Wildman–Crippen LogP) is 3.91. The molecule has 2 aliphatic rings. The first-order valence-electron chi connectivity index (χ1n) is 10.0. The molecule has 2 aliphatic heterocycles. The smallest absolute Gasteiger partial charge is 0.183 e. The molecular weight excluding hydrogens is 346 g/mol. The number of rotatable bonds is 7. The van der Waals surface area contributed by atoms with Gasteiger partial charge < -0.3 is 9.64 Å². The van der Waals surface area contributed by atoms with Gasteiger partial charge in [-0.15, -0.1) is 0 Å². The molecule has 1 aromatic carbocycles. The Labute approximate surface area is 158 Å². The molecule has 0 spiro atoms. The molecule has 0 saturated carbocycles. The van der Waals surface area contributed by atoms with Crippen molar-refractivity contribution < 1.29 is 13.2 Å². The Balaban J connectivity index is 1.52. The summed E-state index contributed by atoms with van der Waals surface area (Å²) in [5.74, 6) is 0.660. The van der Waals surface area contributed by atoms with E-state index in [2.05, 4.69) is 4.90 Å². The van der Waals surface area contributed by atoms with E-state index >= 15 is 0 Å². The molecule has 2 atom stereocenters. The lowest BCUT2D eigenvalue weighted by Gasteiger charge is -2.36. The fourth-order valence-electron chi connectivity index (χ4n) is 4.35. The van der Waals surface area contributed by atoms with Crippen LogP contribution in [0.5, 0.6) is 0 Å². The van der Waals surface area contributed by atoms with E-state index in [1.165, 1.54) is 25.7 Å². The van der Waals surface area contributed by atoms with E-state index in [1.54, 1.807) is 24.3 Å². The van der Waals surface area contributed by atoms with E-state index in [1.807, 2.05) is 19.9 Å². The van der Waals surface area contributed by atoms with Crippen LogP contribution in [0.2, 0.25) is 0 Å². The molecule has 2 saturated heterocycles. The predicted molar refractivity (Wildman–Crippen MR) is 105 cm³/mol. The van der Waals surface area contributed by atoms with E-state index < -0.39 is 14.6 Å². The number of sulfone groups is 1. The zero-order chi connectivity index (χ0) is 18.6. The van der Waals surface area contributed by atoms with Crippen molar-refractivity contribution in [2.45, 2.75) is 68.1 Å². The van der Waals surface area contributed by atoms with Gasteiger partial charge in [-0.1, -0.05) is 18.2 Å². The number of benzene rings is 1. The van der Waals surface area contributed by atoms with Crippen LogP contribution >= 0.6 is 0 Å². The standard InChI is InChI=1S/C21H33NO3S/c1-21(2,26(23,24)19-10-4-3-5-11-19)13-8-15-22-14-6-9-18(17-22)20-12-7-16-25-20/h3-5,10-11,18,20H,6-9,12-17H2,1-2H3. The van der Waals surface area contributed by atoms with Gasteiger partial charge in [0.2, 0.25) is 0 Å². The number of piperidine rings is 1. The quantitative estimate of drug-likeness (QED) is 0.721. The molecular formula is C21H33NO3S. The third-order valence-corrected chi connectivity index (χ3v) is 8.62. The lowest BCUT2D eigenvalue weighted by molar-refractivity contribution is 0.0252. The highest BCUT2D eigenvalue weighted by molar-refractivity contribution is 7.92. The SMILES string of the molecule is CC(C)(CCCN1CCCC(C2CCCO2)C1)S(=O)(=O)c1ccccc1. The van der Waals surface area contributed by atoms with Crippen molar-refractivity contribution >= 4 is 9.84 Å². The van der Waals surface area contributed by atoms with Crippen molar-refractivity contribution in [3.8, 4) is 0 Å². The van der Waals surface area contributed by atoms with Crippen LogP contribution in [-0.4, -0.2) is 50.4 Å². The molecule has 2 unspecified atom stereocenters. The van der Waals surface area contributed by atoms with E-state index in [9.17, 15) is 8.42 Å². The summed E-state index contributed by atoms with van der Waals surface area (Å²) in [6.07, 6.45) is 6.97. The van der Waals surface area contributed by atoms with Crippen molar-refractivity contribution in [3.05, 3.63) is 30.3 Å². The minimum absolute atomic E-state index is 0.432. The first-order chi connectivity index (χ1) is 12.4. The second-order valence-corrected chi connectivity index (χ2v) is 11.0. The van der Waals surface area contributed by atoms with Gasteiger partial charge >= 0.3 is 0 Å². The third-order valence-electron chi connectivity index (χ3n) is 6.07. The van der Waals surface area contributed by atoms with Crippen molar-refractivity contribution in [2.24, 2.45) is 5.92 Å². The van der Waals surface area contributed by atoms with Crippen LogP contribution in [-0.2, 0) is 14.6 Å². The van der Waals surface area contributed by atoms with Gasteiger partial charge in [-0.2, -0.15) is 0 Å². The summed E-state index contributed by atoms with van der Waals surface area (Å²) < 4.78 is 31.0. The maximum atomic E-state index is 12.9. The monoisotopic (exact) mass is 379 g/mol. The highest BCUT2D eigenvalue weighted by Gasteiger charge is 2.35. The first kappa shape index (κ1) is 19.8. The Bertz CT molecular complexity index is 666. The zero-order valence-electron chi connectivity index (χ0n) is 16.2. The van der Waals surface area contributed by atoms with Gasteiger partial charge in [0.05, 0.1) is 15.7 Å². The van der Waals surface area contributed by atoms with Crippen LogP contribution < -0.4 is 0 Å². The highest BCUT2D eigenvalue weighted by atomic mass is 32.2. The lowest BCUT2D eigenvalue weighted by Crippen LogP contribution is -2.41. The Hall–Kier alpha value is -0.910. The Kier molecular flexibility index (Phi) is 6.41. The maximum Gasteiger partial charge on any atom is 0.183 e. The summed E-state index contributed by atoms with van der Waals surface area (Å²) >= 11 is 0. The molecule has 3 rings (SSSR count). The first-order valence-corrected chi connectivity index (χ1v) is 11.5. The number of ether oxygens (including phenoxy) is 1. The summed E-state index contributed by atoms with van der Waals surface area (Å²) in [5, 5.41) is 0. The number of nitrogens with zero attached hydrogens (tertiary/aromatic N) is 1. The highest BCUT2D eigenvalue weighted by Crippen LogP contribution is 2.31. The van der Waals surface area contributed by atoms with Crippen LogP contribution in [0, 0.1) is 5.92 Å². The van der Waals surface area contributed by atoms with Crippen molar-refractivity contribution in [1.29, 1.82) is 0 Å². The third kappa shape index (κ3) is 4.49. The second kappa shape index (κ2) is 8.41. The largest absolute Gasteiger partial charge is 0.378 e. The fraction of sp³-hybridized carbons (Fsp3) is 0.714. The summed E-state index contributed by atoms with van der Waals surface area (Å²) in [6, 6.07) is 8.85. The van der Waals surface area contributed by atoms with Crippen molar-refractivity contribution in [2.75, 3.05) is 26.2 Å².